The fourth-order valence-electron chi connectivity index (χ4n) is 3.41. The molecule has 0 spiro atoms. The fraction of sp³-hybridized carbons (Fsp3) is 0.273. The monoisotopic (exact) mass is 452 g/mol. The molecule has 2 aromatic carbocycles. The molecule has 0 saturated heterocycles. The smallest absolute Gasteiger partial charge is 0.263 e. The number of nitrogens with one attached hydrogen (secondary N) is 2. The number of amides is 1. The summed E-state index contributed by atoms with van der Waals surface area (Å²) in [6, 6.07) is 14.6. The minimum Gasteiger partial charge on any atom is -0.352 e. The maximum Gasteiger partial charge on any atom is 0.263 e. The lowest BCUT2D eigenvalue weighted by Crippen LogP contribution is -2.22. The zero-order valence-electron chi connectivity index (χ0n) is 17.4. The second kappa shape index (κ2) is 9.73. The predicted molar refractivity (Wildman–Crippen MR) is 120 cm³/mol. The van der Waals surface area contributed by atoms with Crippen molar-refractivity contribution in [1.29, 1.82) is 0 Å². The van der Waals surface area contributed by atoms with Crippen molar-refractivity contribution >= 4 is 21.8 Å². The van der Waals surface area contributed by atoms with Crippen LogP contribution in [-0.4, -0.2) is 41.5 Å². The number of benzene rings is 2. The number of aliphatic imine (C=N–C) groups is 1. The maximum atomic E-state index is 12.1. The molecule has 1 aromatic heterocycles. The van der Waals surface area contributed by atoms with Crippen molar-refractivity contribution in [2.75, 3.05) is 6.54 Å². The van der Waals surface area contributed by atoms with Crippen LogP contribution in [0.5, 0.6) is 0 Å². The molecule has 32 heavy (non-hydrogen) atoms. The Kier molecular flexibility index (Phi) is 6.60. The third-order valence-electron chi connectivity index (χ3n) is 5.10. The average molecular weight is 453 g/mol. The van der Waals surface area contributed by atoms with Crippen LogP contribution in [0.15, 0.2) is 71.1 Å². The van der Waals surface area contributed by atoms with Crippen molar-refractivity contribution in [1.82, 2.24) is 24.8 Å². The van der Waals surface area contributed by atoms with E-state index in [1.165, 1.54) is 6.33 Å². The van der Waals surface area contributed by atoms with E-state index in [0.717, 1.165) is 30.5 Å². The van der Waals surface area contributed by atoms with Gasteiger partial charge < -0.3 is 5.32 Å². The van der Waals surface area contributed by atoms with Gasteiger partial charge in [-0.2, -0.15) is 5.10 Å². The van der Waals surface area contributed by atoms with Gasteiger partial charge in [-0.25, -0.2) is 18.1 Å². The Morgan fingerprint density at radius 1 is 1.06 bits per heavy atom. The van der Waals surface area contributed by atoms with Crippen LogP contribution in [0.3, 0.4) is 0 Å². The Morgan fingerprint density at radius 2 is 1.88 bits per heavy atom. The van der Waals surface area contributed by atoms with Gasteiger partial charge >= 0.3 is 0 Å². The number of nitrogens with zero attached hydrogens (tertiary/aromatic N) is 4. The van der Waals surface area contributed by atoms with Crippen LogP contribution < -0.4 is 10.0 Å². The van der Waals surface area contributed by atoms with Gasteiger partial charge in [-0.1, -0.05) is 30.7 Å². The third kappa shape index (κ3) is 5.20. The Morgan fingerprint density at radius 3 is 2.66 bits per heavy atom. The molecular formula is C22H24N6O3S. The van der Waals surface area contributed by atoms with Crippen LogP contribution in [0.4, 0.5) is 0 Å². The number of hydrogen-bond acceptors (Lipinski definition) is 6. The molecule has 0 radical (unpaired) electrons. The van der Waals surface area contributed by atoms with Gasteiger partial charge in [0.1, 0.15) is 18.5 Å². The SMILES string of the molecule is O=C(CCCCCN=C1NS(=O)(=O)c2ccccc21)NCc1ccc(-n2cncn2)cc1. The van der Waals surface area contributed by atoms with Gasteiger partial charge in [0.15, 0.2) is 0 Å². The predicted octanol–water partition coefficient (Wildman–Crippen LogP) is 2.18. The van der Waals surface area contributed by atoms with E-state index in [4.69, 9.17) is 0 Å². The first-order chi connectivity index (χ1) is 15.5. The molecule has 9 nitrogen and oxygen atoms in total. The number of fused-ring (bicyclic) bond motifs is 1. The lowest BCUT2D eigenvalue weighted by Gasteiger charge is -2.07. The summed E-state index contributed by atoms with van der Waals surface area (Å²) in [4.78, 5) is 20.7. The normalized spacial score (nSPS) is 15.3. The summed E-state index contributed by atoms with van der Waals surface area (Å²) in [7, 11) is -3.50. The summed E-state index contributed by atoms with van der Waals surface area (Å²) in [5.41, 5.74) is 2.54. The Hall–Kier alpha value is -3.53. The lowest BCUT2D eigenvalue weighted by atomic mass is 10.1. The number of hydrogen-bond donors (Lipinski definition) is 2. The summed E-state index contributed by atoms with van der Waals surface area (Å²) < 4.78 is 28.3. The largest absolute Gasteiger partial charge is 0.352 e. The fourth-order valence-corrected chi connectivity index (χ4v) is 4.66. The van der Waals surface area contributed by atoms with Crippen LogP contribution in [-0.2, 0) is 21.4 Å². The minimum absolute atomic E-state index is 0.00847. The number of carbonyl (C=O) groups excluding carboxylic acids is 1. The average Bonchev–Trinajstić information content (AvgIpc) is 3.42. The maximum absolute atomic E-state index is 12.1. The number of carbonyl (C=O) groups is 1. The van der Waals surface area contributed by atoms with Gasteiger partial charge in [-0.15, -0.1) is 0 Å². The minimum atomic E-state index is -3.50. The second-order valence-corrected chi connectivity index (χ2v) is 9.08. The molecule has 0 fully saturated rings. The number of unbranched alkanes of at least 4 members (excludes halogenated alkanes) is 2. The van der Waals surface area contributed by atoms with Crippen molar-refractivity contribution in [3.63, 3.8) is 0 Å². The molecule has 4 rings (SSSR count). The summed E-state index contributed by atoms with van der Waals surface area (Å²) in [5, 5.41) is 7.01. The van der Waals surface area contributed by atoms with Crippen LogP contribution in [0, 0.1) is 0 Å². The molecule has 0 atom stereocenters. The molecule has 1 amide bonds. The van der Waals surface area contributed by atoms with Crippen molar-refractivity contribution in [3.8, 4) is 5.69 Å². The molecule has 1 aliphatic rings. The van der Waals surface area contributed by atoms with Crippen molar-refractivity contribution < 1.29 is 13.2 Å². The first kappa shape index (κ1) is 21.7. The van der Waals surface area contributed by atoms with Gasteiger partial charge in [-0.05, 0) is 42.7 Å². The highest BCUT2D eigenvalue weighted by Gasteiger charge is 2.29. The van der Waals surface area contributed by atoms with E-state index in [2.05, 4.69) is 25.1 Å². The molecular weight excluding hydrogens is 428 g/mol. The quantitative estimate of drug-likeness (QED) is 0.483. The highest BCUT2D eigenvalue weighted by atomic mass is 32.2. The summed E-state index contributed by atoms with van der Waals surface area (Å²) in [5.74, 6) is 0.405. The van der Waals surface area contributed by atoms with E-state index in [1.807, 2.05) is 24.3 Å². The first-order valence-corrected chi connectivity index (χ1v) is 11.9. The van der Waals surface area contributed by atoms with E-state index in [9.17, 15) is 13.2 Å². The molecule has 166 valence electrons. The zero-order valence-corrected chi connectivity index (χ0v) is 18.3. The molecule has 0 saturated carbocycles. The highest BCUT2D eigenvalue weighted by molar-refractivity contribution is 7.90. The van der Waals surface area contributed by atoms with Crippen molar-refractivity contribution in [2.24, 2.45) is 4.99 Å². The molecule has 1 aliphatic heterocycles. The van der Waals surface area contributed by atoms with Gasteiger partial charge in [0, 0.05) is 25.1 Å². The van der Waals surface area contributed by atoms with Gasteiger partial charge in [0.25, 0.3) is 10.0 Å². The Bertz CT molecular complexity index is 1200. The van der Waals surface area contributed by atoms with Crippen LogP contribution in [0.1, 0.15) is 36.8 Å². The molecule has 0 bridgehead atoms. The van der Waals surface area contributed by atoms with Gasteiger partial charge in [0.05, 0.1) is 10.6 Å². The molecule has 10 heteroatoms. The second-order valence-electron chi connectivity index (χ2n) is 7.43. The van der Waals surface area contributed by atoms with Crippen LogP contribution >= 0.6 is 0 Å². The van der Waals surface area contributed by atoms with Gasteiger partial charge in [-0.3, -0.25) is 14.5 Å². The molecule has 3 aromatic rings. The molecule has 2 heterocycles. The van der Waals surface area contributed by atoms with E-state index in [0.29, 0.717) is 30.9 Å². The number of rotatable bonds is 9. The van der Waals surface area contributed by atoms with Crippen molar-refractivity contribution in [2.45, 2.75) is 37.1 Å². The molecule has 0 unspecified atom stereocenters. The molecule has 2 N–H and O–H groups in total. The number of aromatic nitrogens is 3. The van der Waals surface area contributed by atoms with E-state index in [-0.39, 0.29) is 10.8 Å². The zero-order chi connectivity index (χ0) is 22.4. The lowest BCUT2D eigenvalue weighted by molar-refractivity contribution is -0.121. The van der Waals surface area contributed by atoms with Crippen molar-refractivity contribution in [3.05, 3.63) is 72.3 Å². The topological polar surface area (TPSA) is 118 Å². The molecule has 0 aliphatic carbocycles. The van der Waals surface area contributed by atoms with E-state index in [1.54, 1.807) is 35.3 Å². The van der Waals surface area contributed by atoms with Crippen LogP contribution in [0.2, 0.25) is 0 Å². The highest BCUT2D eigenvalue weighted by Crippen LogP contribution is 2.22. The summed E-state index contributed by atoms with van der Waals surface area (Å²) >= 11 is 0. The summed E-state index contributed by atoms with van der Waals surface area (Å²) in [6.07, 6.45) is 5.94. The van der Waals surface area contributed by atoms with E-state index >= 15 is 0 Å². The number of amidine groups is 1. The summed E-state index contributed by atoms with van der Waals surface area (Å²) in [6.45, 7) is 0.982. The first-order valence-electron chi connectivity index (χ1n) is 10.4. The van der Waals surface area contributed by atoms with Crippen LogP contribution in [0.25, 0.3) is 5.69 Å². The Labute approximate surface area is 186 Å². The van der Waals surface area contributed by atoms with E-state index < -0.39 is 10.0 Å². The Balaban J connectivity index is 1.14. The standard InChI is InChI=1S/C22H24N6O3S/c29-21(25-14-17-9-11-18(12-10-17)28-16-23-15-26-28)8-2-1-5-13-24-22-19-6-3-4-7-20(19)32(30,31)27-22/h3-4,6-7,9-12,15-16H,1-2,5,8,13-14H2,(H,24,27)(H,25,29). The third-order valence-corrected chi connectivity index (χ3v) is 6.50. The number of sulfonamides is 1. The van der Waals surface area contributed by atoms with Gasteiger partial charge in [0.2, 0.25) is 5.91 Å².